The highest BCUT2D eigenvalue weighted by atomic mass is 19.4. The van der Waals surface area contributed by atoms with Gasteiger partial charge in [-0.3, -0.25) is 9.48 Å². The van der Waals surface area contributed by atoms with Crippen LogP contribution in [0, 0.1) is 13.8 Å². The molecule has 1 atom stereocenters. The molecule has 2 heterocycles. The maximum absolute atomic E-state index is 12.7. The Balaban J connectivity index is 2.06. The summed E-state index contributed by atoms with van der Waals surface area (Å²) in [7, 11) is 0. The fourth-order valence-electron chi connectivity index (χ4n) is 2.70. The van der Waals surface area contributed by atoms with Crippen LogP contribution < -0.4 is 0 Å². The summed E-state index contributed by atoms with van der Waals surface area (Å²) in [6, 6.07) is 0. The van der Waals surface area contributed by atoms with Crippen LogP contribution in [0.15, 0.2) is 0 Å². The SMILES string of the molecule is CCc1c(C)nn(CC(=O)N2CCO[C@H](C(F)(F)F)C2)c1C. The second kappa shape index (κ2) is 6.28. The number of carbonyl (C=O) groups is 1. The van der Waals surface area contributed by atoms with Crippen LogP contribution in [0.3, 0.4) is 0 Å². The number of halogens is 3. The molecule has 0 radical (unpaired) electrons. The van der Waals surface area contributed by atoms with Gasteiger partial charge in [0, 0.05) is 12.2 Å². The van der Waals surface area contributed by atoms with Gasteiger partial charge in [-0.2, -0.15) is 18.3 Å². The highest BCUT2D eigenvalue weighted by Gasteiger charge is 2.44. The summed E-state index contributed by atoms with van der Waals surface area (Å²) < 4.78 is 44.3. The average molecular weight is 319 g/mol. The highest BCUT2D eigenvalue weighted by Crippen LogP contribution is 2.25. The second-order valence-corrected chi connectivity index (χ2v) is 5.40. The summed E-state index contributed by atoms with van der Waals surface area (Å²) >= 11 is 0. The number of hydrogen-bond donors (Lipinski definition) is 0. The van der Waals surface area contributed by atoms with Gasteiger partial charge >= 0.3 is 6.18 Å². The molecule has 0 aromatic carbocycles. The smallest absolute Gasteiger partial charge is 0.365 e. The Morgan fingerprint density at radius 1 is 1.41 bits per heavy atom. The predicted molar refractivity (Wildman–Crippen MR) is 73.5 cm³/mol. The summed E-state index contributed by atoms with van der Waals surface area (Å²) in [5.74, 6) is -0.370. The maximum Gasteiger partial charge on any atom is 0.416 e. The normalized spacial score (nSPS) is 19.5. The zero-order chi connectivity index (χ0) is 16.5. The molecule has 8 heteroatoms. The van der Waals surface area contributed by atoms with Gasteiger partial charge in [-0.15, -0.1) is 0 Å². The first-order valence-corrected chi connectivity index (χ1v) is 7.23. The Hall–Kier alpha value is -1.57. The number of rotatable bonds is 3. The van der Waals surface area contributed by atoms with Crippen molar-refractivity contribution < 1.29 is 22.7 Å². The van der Waals surface area contributed by atoms with Crippen LogP contribution in [0.1, 0.15) is 23.9 Å². The van der Waals surface area contributed by atoms with Crippen LogP contribution in [0.2, 0.25) is 0 Å². The van der Waals surface area contributed by atoms with E-state index in [9.17, 15) is 18.0 Å². The lowest BCUT2D eigenvalue weighted by atomic mass is 10.1. The number of alkyl halides is 3. The highest BCUT2D eigenvalue weighted by molar-refractivity contribution is 5.76. The molecule has 22 heavy (non-hydrogen) atoms. The van der Waals surface area contributed by atoms with Crippen molar-refractivity contribution >= 4 is 5.91 Å². The molecule has 1 fully saturated rings. The number of ether oxygens (including phenoxy) is 1. The van der Waals surface area contributed by atoms with Crippen molar-refractivity contribution in [2.24, 2.45) is 0 Å². The Kier molecular flexibility index (Phi) is 4.79. The van der Waals surface area contributed by atoms with E-state index in [4.69, 9.17) is 4.74 Å². The second-order valence-electron chi connectivity index (χ2n) is 5.40. The summed E-state index contributed by atoms with van der Waals surface area (Å²) in [6.07, 6.45) is -5.55. The average Bonchev–Trinajstić information content (AvgIpc) is 2.72. The standard InChI is InChI=1S/C14H20F3N3O2/c1-4-11-9(2)18-20(10(11)3)8-13(21)19-5-6-22-12(7-19)14(15,16)17/h12H,4-8H2,1-3H3/t12-/m0/s1. The molecule has 1 aliphatic rings. The van der Waals surface area contributed by atoms with Gasteiger partial charge in [-0.05, 0) is 25.8 Å². The first-order valence-electron chi connectivity index (χ1n) is 7.23. The van der Waals surface area contributed by atoms with E-state index in [-0.39, 0.29) is 25.6 Å². The largest absolute Gasteiger partial charge is 0.416 e. The van der Waals surface area contributed by atoms with Gasteiger partial charge < -0.3 is 9.64 Å². The molecule has 5 nitrogen and oxygen atoms in total. The molecule has 1 aliphatic heterocycles. The van der Waals surface area contributed by atoms with Crippen LogP contribution in [-0.2, 0) is 22.5 Å². The Bertz CT molecular complexity index is 554. The monoisotopic (exact) mass is 319 g/mol. The van der Waals surface area contributed by atoms with Crippen LogP contribution in [-0.4, -0.2) is 52.6 Å². The summed E-state index contributed by atoms with van der Waals surface area (Å²) in [4.78, 5) is 13.4. The minimum absolute atomic E-state index is 0.0444. The quantitative estimate of drug-likeness (QED) is 0.854. The Morgan fingerprint density at radius 3 is 2.64 bits per heavy atom. The first-order chi connectivity index (χ1) is 10.2. The minimum Gasteiger partial charge on any atom is -0.365 e. The molecular weight excluding hydrogens is 299 g/mol. The van der Waals surface area contributed by atoms with E-state index in [1.54, 1.807) is 4.68 Å². The molecule has 0 spiro atoms. The molecule has 0 saturated carbocycles. The zero-order valence-electron chi connectivity index (χ0n) is 12.9. The molecular formula is C14H20F3N3O2. The van der Waals surface area contributed by atoms with E-state index in [1.165, 1.54) is 4.90 Å². The first kappa shape index (κ1) is 16.8. The maximum atomic E-state index is 12.7. The zero-order valence-corrected chi connectivity index (χ0v) is 12.9. The number of aromatic nitrogens is 2. The Morgan fingerprint density at radius 2 is 2.09 bits per heavy atom. The van der Waals surface area contributed by atoms with Crippen LogP contribution >= 0.6 is 0 Å². The van der Waals surface area contributed by atoms with Gasteiger partial charge in [0.2, 0.25) is 5.91 Å². The molecule has 124 valence electrons. The topological polar surface area (TPSA) is 47.4 Å². The number of aryl methyl sites for hydroxylation is 1. The van der Waals surface area contributed by atoms with Crippen molar-refractivity contribution in [3.8, 4) is 0 Å². The molecule has 1 saturated heterocycles. The number of amides is 1. The van der Waals surface area contributed by atoms with Crippen molar-refractivity contribution in [1.82, 2.24) is 14.7 Å². The third kappa shape index (κ3) is 3.43. The van der Waals surface area contributed by atoms with E-state index < -0.39 is 18.8 Å². The summed E-state index contributed by atoms with van der Waals surface area (Å²) in [5.41, 5.74) is 2.81. The molecule has 0 bridgehead atoms. The molecule has 0 N–H and O–H groups in total. The van der Waals surface area contributed by atoms with Crippen LogP contribution in [0.25, 0.3) is 0 Å². The minimum atomic E-state index is -4.45. The van der Waals surface area contributed by atoms with E-state index in [2.05, 4.69) is 5.10 Å². The van der Waals surface area contributed by atoms with Gasteiger partial charge in [0.05, 0.1) is 18.8 Å². The summed E-state index contributed by atoms with van der Waals surface area (Å²) in [5, 5.41) is 4.30. The van der Waals surface area contributed by atoms with Crippen LogP contribution in [0.5, 0.6) is 0 Å². The lowest BCUT2D eigenvalue weighted by Gasteiger charge is -2.33. The van der Waals surface area contributed by atoms with E-state index in [0.29, 0.717) is 0 Å². The van der Waals surface area contributed by atoms with Crippen molar-refractivity contribution in [2.75, 3.05) is 19.7 Å². The molecule has 2 rings (SSSR count). The predicted octanol–water partition coefficient (Wildman–Crippen LogP) is 1.85. The molecule has 1 aromatic rings. The molecule has 0 aliphatic carbocycles. The fourth-order valence-corrected chi connectivity index (χ4v) is 2.70. The fraction of sp³-hybridized carbons (Fsp3) is 0.714. The van der Waals surface area contributed by atoms with E-state index >= 15 is 0 Å². The van der Waals surface area contributed by atoms with Crippen molar-refractivity contribution in [2.45, 2.75) is 46.0 Å². The lowest BCUT2D eigenvalue weighted by Crippen LogP contribution is -2.51. The lowest BCUT2D eigenvalue weighted by molar-refractivity contribution is -0.236. The number of morpholine rings is 1. The van der Waals surface area contributed by atoms with E-state index in [0.717, 1.165) is 23.4 Å². The van der Waals surface area contributed by atoms with Gasteiger partial charge in [0.15, 0.2) is 6.10 Å². The molecule has 1 amide bonds. The number of hydrogen-bond acceptors (Lipinski definition) is 3. The van der Waals surface area contributed by atoms with Gasteiger partial charge in [0.25, 0.3) is 0 Å². The van der Waals surface area contributed by atoms with Gasteiger partial charge in [-0.1, -0.05) is 6.92 Å². The van der Waals surface area contributed by atoms with Crippen molar-refractivity contribution in [3.05, 3.63) is 17.0 Å². The number of nitrogens with zero attached hydrogens (tertiary/aromatic N) is 3. The summed E-state index contributed by atoms with van der Waals surface area (Å²) in [6.45, 7) is 5.29. The third-order valence-electron chi connectivity index (χ3n) is 3.95. The number of carbonyl (C=O) groups excluding carboxylic acids is 1. The molecule has 0 unspecified atom stereocenters. The van der Waals surface area contributed by atoms with Gasteiger partial charge in [-0.25, -0.2) is 0 Å². The van der Waals surface area contributed by atoms with Gasteiger partial charge in [0.1, 0.15) is 6.54 Å². The van der Waals surface area contributed by atoms with E-state index in [1.807, 2.05) is 20.8 Å². The van der Waals surface area contributed by atoms with Crippen molar-refractivity contribution in [1.29, 1.82) is 0 Å². The Labute approximate surface area is 127 Å². The van der Waals surface area contributed by atoms with Crippen LogP contribution in [0.4, 0.5) is 13.2 Å². The van der Waals surface area contributed by atoms with Crippen molar-refractivity contribution in [3.63, 3.8) is 0 Å². The molecule has 1 aromatic heterocycles. The third-order valence-corrected chi connectivity index (χ3v) is 3.95.